The van der Waals surface area contributed by atoms with Crippen molar-refractivity contribution in [1.82, 2.24) is 5.32 Å². The summed E-state index contributed by atoms with van der Waals surface area (Å²) in [6, 6.07) is 4.69. The molecule has 104 valence electrons. The normalized spacial score (nSPS) is 28.2. The molecule has 19 heavy (non-hydrogen) atoms. The van der Waals surface area contributed by atoms with Crippen molar-refractivity contribution < 1.29 is 0 Å². The van der Waals surface area contributed by atoms with E-state index in [1.165, 1.54) is 42.4 Å². The van der Waals surface area contributed by atoms with Gasteiger partial charge in [-0.25, -0.2) is 0 Å². The van der Waals surface area contributed by atoms with E-state index in [2.05, 4.69) is 38.3 Å². The Morgan fingerprint density at radius 1 is 1.26 bits per heavy atom. The number of rotatable bonds is 0. The Labute approximate surface area is 129 Å². The lowest BCUT2D eigenvalue weighted by molar-refractivity contribution is 0.454. The summed E-state index contributed by atoms with van der Waals surface area (Å²) in [5.74, 6) is 1.73. The molecular formula is C15H20BrClN2. The number of fused-ring (bicyclic) bond motifs is 2. The first-order valence-corrected chi connectivity index (χ1v) is 7.90. The summed E-state index contributed by atoms with van der Waals surface area (Å²) in [5, 5.41) is 3.55. The lowest BCUT2D eigenvalue weighted by Gasteiger charge is -2.39. The quantitative estimate of drug-likeness (QED) is 0.773. The highest BCUT2D eigenvalue weighted by Gasteiger charge is 2.38. The second-order valence-electron chi connectivity index (χ2n) is 5.92. The molecule has 4 heteroatoms. The summed E-state index contributed by atoms with van der Waals surface area (Å²) >= 11 is 3.70. The van der Waals surface area contributed by atoms with Crippen molar-refractivity contribution in [3.05, 3.63) is 27.7 Å². The number of nitrogens with zero attached hydrogens (tertiary/aromatic N) is 1. The zero-order chi connectivity index (χ0) is 12.1. The minimum atomic E-state index is 0. The van der Waals surface area contributed by atoms with Crippen LogP contribution in [0.1, 0.15) is 36.3 Å². The monoisotopic (exact) mass is 342 g/mol. The van der Waals surface area contributed by atoms with Crippen LogP contribution in [0.5, 0.6) is 0 Å². The lowest BCUT2D eigenvalue weighted by Crippen LogP contribution is -2.38. The molecule has 4 rings (SSSR count). The molecule has 2 unspecified atom stereocenters. The molecular weight excluding hydrogens is 324 g/mol. The van der Waals surface area contributed by atoms with Crippen molar-refractivity contribution in [3.8, 4) is 0 Å². The van der Waals surface area contributed by atoms with Crippen LogP contribution in [0, 0.1) is 5.92 Å². The van der Waals surface area contributed by atoms with E-state index >= 15 is 0 Å². The molecule has 0 spiro atoms. The Balaban J connectivity index is 0.00000110. The highest BCUT2D eigenvalue weighted by molar-refractivity contribution is 9.10. The smallest absolute Gasteiger partial charge is 0.0448 e. The SMILES string of the molecule is Brc1cc2c3c(c1)C1CCCC1CN3CCNC2.Cl. The molecule has 0 saturated heterocycles. The molecule has 1 aromatic rings. The van der Waals surface area contributed by atoms with Gasteiger partial charge in [0.1, 0.15) is 0 Å². The second-order valence-corrected chi connectivity index (χ2v) is 6.84. The Morgan fingerprint density at radius 2 is 2.16 bits per heavy atom. The summed E-state index contributed by atoms with van der Waals surface area (Å²) in [5.41, 5.74) is 4.67. The Bertz CT molecular complexity index is 491. The van der Waals surface area contributed by atoms with Gasteiger partial charge in [-0.2, -0.15) is 0 Å². The van der Waals surface area contributed by atoms with Gasteiger partial charge in [0, 0.05) is 36.3 Å². The van der Waals surface area contributed by atoms with E-state index in [9.17, 15) is 0 Å². The minimum Gasteiger partial charge on any atom is -0.369 e. The number of benzene rings is 1. The van der Waals surface area contributed by atoms with Crippen LogP contribution in [0.15, 0.2) is 16.6 Å². The fourth-order valence-electron chi connectivity index (χ4n) is 4.16. The average Bonchev–Trinajstić information content (AvgIpc) is 2.73. The Hall–Kier alpha value is -0.250. The number of anilines is 1. The standard InChI is InChI=1S/C15H19BrN2.ClH/c16-12-6-11-8-17-4-5-18-9-10-2-1-3-13(10)14(7-12)15(11)18;/h6-7,10,13,17H,1-5,8-9H2;1H. The van der Waals surface area contributed by atoms with Gasteiger partial charge in [0.2, 0.25) is 0 Å². The van der Waals surface area contributed by atoms with Gasteiger partial charge in [-0.05, 0) is 47.9 Å². The first-order chi connectivity index (χ1) is 8.83. The van der Waals surface area contributed by atoms with Crippen LogP contribution in [-0.2, 0) is 6.54 Å². The topological polar surface area (TPSA) is 15.3 Å². The molecule has 1 saturated carbocycles. The zero-order valence-electron chi connectivity index (χ0n) is 11.0. The van der Waals surface area contributed by atoms with Crippen molar-refractivity contribution in [2.75, 3.05) is 24.5 Å². The summed E-state index contributed by atoms with van der Waals surface area (Å²) in [4.78, 5) is 2.64. The van der Waals surface area contributed by atoms with E-state index in [-0.39, 0.29) is 12.4 Å². The summed E-state index contributed by atoms with van der Waals surface area (Å²) < 4.78 is 1.26. The molecule has 2 atom stereocenters. The second kappa shape index (κ2) is 5.27. The minimum absolute atomic E-state index is 0. The molecule has 0 aromatic heterocycles. The van der Waals surface area contributed by atoms with Crippen LogP contribution in [0.2, 0.25) is 0 Å². The van der Waals surface area contributed by atoms with Gasteiger partial charge < -0.3 is 10.2 Å². The van der Waals surface area contributed by atoms with E-state index < -0.39 is 0 Å². The highest BCUT2D eigenvalue weighted by atomic mass is 79.9. The third kappa shape index (κ3) is 2.20. The van der Waals surface area contributed by atoms with Gasteiger partial charge in [0.05, 0.1) is 0 Å². The predicted molar refractivity (Wildman–Crippen MR) is 85.4 cm³/mol. The average molecular weight is 344 g/mol. The number of hydrogen-bond donors (Lipinski definition) is 1. The van der Waals surface area contributed by atoms with Crippen LogP contribution in [0.25, 0.3) is 0 Å². The van der Waals surface area contributed by atoms with Gasteiger partial charge in [-0.1, -0.05) is 22.4 Å². The van der Waals surface area contributed by atoms with Crippen LogP contribution < -0.4 is 10.2 Å². The molecule has 2 heterocycles. The van der Waals surface area contributed by atoms with E-state index in [0.29, 0.717) is 0 Å². The molecule has 1 aliphatic carbocycles. The van der Waals surface area contributed by atoms with Crippen molar-refractivity contribution >= 4 is 34.0 Å². The van der Waals surface area contributed by atoms with E-state index in [1.54, 1.807) is 11.3 Å². The van der Waals surface area contributed by atoms with Crippen LogP contribution in [0.3, 0.4) is 0 Å². The molecule has 1 fully saturated rings. The van der Waals surface area contributed by atoms with Crippen LogP contribution in [0.4, 0.5) is 5.69 Å². The predicted octanol–water partition coefficient (Wildman–Crippen LogP) is 3.68. The summed E-state index contributed by atoms with van der Waals surface area (Å²) in [6.45, 7) is 4.59. The molecule has 1 N–H and O–H groups in total. The molecule has 1 aromatic carbocycles. The van der Waals surface area contributed by atoms with Gasteiger partial charge in [-0.3, -0.25) is 0 Å². The molecule has 0 amide bonds. The number of halogens is 2. The van der Waals surface area contributed by atoms with Crippen molar-refractivity contribution in [2.24, 2.45) is 5.92 Å². The Morgan fingerprint density at radius 3 is 3.05 bits per heavy atom. The first-order valence-electron chi connectivity index (χ1n) is 7.11. The van der Waals surface area contributed by atoms with Crippen molar-refractivity contribution in [3.63, 3.8) is 0 Å². The zero-order valence-corrected chi connectivity index (χ0v) is 13.4. The molecule has 3 aliphatic rings. The highest BCUT2D eigenvalue weighted by Crippen LogP contribution is 2.49. The lowest BCUT2D eigenvalue weighted by atomic mass is 9.82. The summed E-state index contributed by atoms with van der Waals surface area (Å²) in [7, 11) is 0. The fourth-order valence-corrected chi connectivity index (χ4v) is 4.68. The largest absolute Gasteiger partial charge is 0.369 e. The number of hydrogen-bond acceptors (Lipinski definition) is 2. The van der Waals surface area contributed by atoms with Gasteiger partial charge in [0.25, 0.3) is 0 Å². The third-order valence-electron chi connectivity index (χ3n) is 4.89. The van der Waals surface area contributed by atoms with Crippen LogP contribution in [-0.4, -0.2) is 19.6 Å². The van der Waals surface area contributed by atoms with Gasteiger partial charge in [-0.15, -0.1) is 12.4 Å². The van der Waals surface area contributed by atoms with Crippen LogP contribution >= 0.6 is 28.3 Å². The van der Waals surface area contributed by atoms with Gasteiger partial charge >= 0.3 is 0 Å². The maximum absolute atomic E-state index is 3.70. The molecule has 0 radical (unpaired) electrons. The maximum atomic E-state index is 3.70. The number of nitrogens with one attached hydrogen (secondary N) is 1. The van der Waals surface area contributed by atoms with Crippen molar-refractivity contribution in [1.29, 1.82) is 0 Å². The van der Waals surface area contributed by atoms with E-state index in [0.717, 1.165) is 24.9 Å². The summed E-state index contributed by atoms with van der Waals surface area (Å²) in [6.07, 6.45) is 4.24. The van der Waals surface area contributed by atoms with E-state index in [1.807, 2.05) is 0 Å². The van der Waals surface area contributed by atoms with Gasteiger partial charge in [0.15, 0.2) is 0 Å². The maximum Gasteiger partial charge on any atom is 0.0448 e. The fraction of sp³-hybridized carbons (Fsp3) is 0.600. The Kier molecular flexibility index (Phi) is 3.80. The molecule has 2 nitrogen and oxygen atoms in total. The molecule has 0 bridgehead atoms. The third-order valence-corrected chi connectivity index (χ3v) is 5.34. The first kappa shape index (κ1) is 13.7. The van der Waals surface area contributed by atoms with Crippen molar-refractivity contribution in [2.45, 2.75) is 31.7 Å². The molecule has 2 aliphatic heterocycles. The van der Waals surface area contributed by atoms with E-state index in [4.69, 9.17) is 0 Å².